The molecule has 6 nitrogen and oxygen atoms in total. The highest BCUT2D eigenvalue weighted by Crippen LogP contribution is 2.24. The molecule has 7 heteroatoms. The van der Waals surface area contributed by atoms with E-state index in [4.69, 9.17) is 0 Å². The van der Waals surface area contributed by atoms with E-state index in [1.165, 1.54) is 10.8 Å². The molecule has 0 N–H and O–H groups in total. The van der Waals surface area contributed by atoms with Crippen LogP contribution in [0.25, 0.3) is 5.82 Å². The standard InChI is InChI=1S/C18H20N4O2S/c1-14-7-6-10-19-17(14)22-12-11-20-18(22)25(23,24)13-15-8-4-5-9-16(15)21(2)3/h4-12H,13H2,1-3H3. The van der Waals surface area contributed by atoms with Gasteiger partial charge in [0.2, 0.25) is 15.0 Å². The van der Waals surface area contributed by atoms with Crippen LogP contribution in [0.3, 0.4) is 0 Å². The Labute approximate surface area is 147 Å². The van der Waals surface area contributed by atoms with Crippen molar-refractivity contribution in [2.45, 2.75) is 17.8 Å². The molecule has 25 heavy (non-hydrogen) atoms. The molecule has 0 aliphatic carbocycles. The van der Waals surface area contributed by atoms with Crippen molar-refractivity contribution in [1.82, 2.24) is 14.5 Å². The van der Waals surface area contributed by atoms with E-state index in [1.54, 1.807) is 12.4 Å². The molecule has 2 aromatic heterocycles. The molecule has 0 saturated carbocycles. The maximum absolute atomic E-state index is 13.0. The average Bonchev–Trinajstić information content (AvgIpc) is 3.05. The van der Waals surface area contributed by atoms with Crippen LogP contribution >= 0.6 is 0 Å². The molecular weight excluding hydrogens is 336 g/mol. The molecule has 0 saturated heterocycles. The predicted octanol–water partition coefficient (Wildman–Crippen LogP) is 2.62. The Morgan fingerprint density at radius 1 is 1.04 bits per heavy atom. The van der Waals surface area contributed by atoms with E-state index in [9.17, 15) is 8.42 Å². The summed E-state index contributed by atoms with van der Waals surface area (Å²) in [5.41, 5.74) is 2.49. The minimum atomic E-state index is -3.64. The number of rotatable bonds is 5. The Hall–Kier alpha value is -2.67. The summed E-state index contributed by atoms with van der Waals surface area (Å²) in [6.07, 6.45) is 4.75. The number of imidazole rings is 1. The van der Waals surface area contributed by atoms with Gasteiger partial charge >= 0.3 is 0 Å². The lowest BCUT2D eigenvalue weighted by Gasteiger charge is -2.17. The third-order valence-corrected chi connectivity index (χ3v) is 5.46. The van der Waals surface area contributed by atoms with Crippen molar-refractivity contribution in [3.05, 3.63) is 66.1 Å². The zero-order valence-electron chi connectivity index (χ0n) is 14.4. The molecule has 0 amide bonds. The van der Waals surface area contributed by atoms with Gasteiger partial charge in [-0.25, -0.2) is 18.4 Å². The number of anilines is 1. The van der Waals surface area contributed by atoms with Gasteiger partial charge in [0.25, 0.3) is 0 Å². The van der Waals surface area contributed by atoms with Gasteiger partial charge in [0.15, 0.2) is 0 Å². The van der Waals surface area contributed by atoms with Crippen molar-refractivity contribution in [2.75, 3.05) is 19.0 Å². The number of pyridine rings is 1. The molecule has 130 valence electrons. The Morgan fingerprint density at radius 3 is 2.52 bits per heavy atom. The number of benzene rings is 1. The summed E-state index contributed by atoms with van der Waals surface area (Å²) in [6.45, 7) is 1.89. The van der Waals surface area contributed by atoms with E-state index in [1.807, 2.05) is 62.3 Å². The van der Waals surface area contributed by atoms with Crippen LogP contribution < -0.4 is 4.90 Å². The summed E-state index contributed by atoms with van der Waals surface area (Å²) in [5.74, 6) is 0.448. The second kappa shape index (κ2) is 6.68. The predicted molar refractivity (Wildman–Crippen MR) is 97.8 cm³/mol. The van der Waals surface area contributed by atoms with Gasteiger partial charge < -0.3 is 4.90 Å². The van der Waals surface area contributed by atoms with Crippen LogP contribution in [0.2, 0.25) is 0 Å². The summed E-state index contributed by atoms with van der Waals surface area (Å²) in [5, 5.41) is 0.00265. The topological polar surface area (TPSA) is 68.1 Å². The average molecular weight is 356 g/mol. The highest BCUT2D eigenvalue weighted by Gasteiger charge is 2.24. The first-order valence-electron chi connectivity index (χ1n) is 7.83. The highest BCUT2D eigenvalue weighted by atomic mass is 32.2. The van der Waals surface area contributed by atoms with E-state index in [-0.39, 0.29) is 10.9 Å². The molecule has 1 aromatic carbocycles. The first-order chi connectivity index (χ1) is 11.9. The molecule has 3 rings (SSSR count). The zero-order chi connectivity index (χ0) is 18.0. The van der Waals surface area contributed by atoms with Crippen LogP contribution in [0.5, 0.6) is 0 Å². The highest BCUT2D eigenvalue weighted by molar-refractivity contribution is 7.90. The number of nitrogens with zero attached hydrogens (tertiary/aromatic N) is 4. The molecule has 0 aliphatic rings. The number of hydrogen-bond acceptors (Lipinski definition) is 5. The molecule has 2 heterocycles. The lowest BCUT2D eigenvalue weighted by atomic mass is 10.2. The summed E-state index contributed by atoms with van der Waals surface area (Å²) in [7, 11) is 0.149. The molecule has 0 atom stereocenters. The summed E-state index contributed by atoms with van der Waals surface area (Å²) >= 11 is 0. The molecule has 0 unspecified atom stereocenters. The molecule has 0 bridgehead atoms. The summed E-state index contributed by atoms with van der Waals surface area (Å²) in [4.78, 5) is 10.3. The number of sulfone groups is 1. The molecule has 0 fully saturated rings. The van der Waals surface area contributed by atoms with Gasteiger partial charge in [0.05, 0.1) is 5.75 Å². The fraction of sp³-hybridized carbons (Fsp3) is 0.222. The van der Waals surface area contributed by atoms with Crippen LogP contribution in [0, 0.1) is 6.92 Å². The summed E-state index contributed by atoms with van der Waals surface area (Å²) < 4.78 is 27.6. The molecule has 0 radical (unpaired) electrons. The third-order valence-electron chi connectivity index (χ3n) is 3.91. The van der Waals surface area contributed by atoms with Crippen molar-refractivity contribution in [3.8, 4) is 5.82 Å². The fourth-order valence-corrected chi connectivity index (χ4v) is 4.20. The molecular formula is C18H20N4O2S. The number of aromatic nitrogens is 3. The third kappa shape index (κ3) is 3.41. The Kier molecular flexibility index (Phi) is 4.59. The van der Waals surface area contributed by atoms with Crippen LogP contribution in [-0.2, 0) is 15.6 Å². The molecule has 0 spiro atoms. The Bertz CT molecular complexity index is 994. The van der Waals surface area contributed by atoms with Crippen molar-refractivity contribution < 1.29 is 8.42 Å². The largest absolute Gasteiger partial charge is 0.377 e. The van der Waals surface area contributed by atoms with Gasteiger partial charge in [-0.2, -0.15) is 0 Å². The van der Waals surface area contributed by atoms with Gasteiger partial charge in [0.1, 0.15) is 5.82 Å². The van der Waals surface area contributed by atoms with Gasteiger partial charge in [-0.15, -0.1) is 0 Å². The second-order valence-corrected chi connectivity index (χ2v) is 7.89. The van der Waals surface area contributed by atoms with E-state index < -0.39 is 9.84 Å². The fourth-order valence-electron chi connectivity index (χ4n) is 2.75. The normalized spacial score (nSPS) is 11.5. The van der Waals surface area contributed by atoms with Crippen LogP contribution in [-0.4, -0.2) is 37.0 Å². The van der Waals surface area contributed by atoms with Crippen LogP contribution in [0.1, 0.15) is 11.1 Å². The lowest BCUT2D eigenvalue weighted by molar-refractivity contribution is 0.582. The Balaban J connectivity index is 2.04. The SMILES string of the molecule is Cc1cccnc1-n1ccnc1S(=O)(=O)Cc1ccccc1N(C)C. The number of hydrogen-bond donors (Lipinski definition) is 0. The maximum Gasteiger partial charge on any atom is 0.233 e. The maximum atomic E-state index is 13.0. The first kappa shape index (κ1) is 17.2. The van der Waals surface area contributed by atoms with Gasteiger partial charge in [0, 0.05) is 38.4 Å². The second-order valence-electron chi connectivity index (χ2n) is 6.01. The minimum absolute atomic E-state index is 0.00265. The zero-order valence-corrected chi connectivity index (χ0v) is 15.2. The van der Waals surface area contributed by atoms with Crippen molar-refractivity contribution >= 4 is 15.5 Å². The van der Waals surface area contributed by atoms with Crippen molar-refractivity contribution in [3.63, 3.8) is 0 Å². The van der Waals surface area contributed by atoms with E-state index in [2.05, 4.69) is 9.97 Å². The van der Waals surface area contributed by atoms with Crippen LogP contribution in [0.15, 0.2) is 60.1 Å². The quantitative estimate of drug-likeness (QED) is 0.703. The van der Waals surface area contributed by atoms with Crippen molar-refractivity contribution in [1.29, 1.82) is 0 Å². The molecule has 0 aliphatic heterocycles. The Morgan fingerprint density at radius 2 is 1.80 bits per heavy atom. The monoisotopic (exact) mass is 356 g/mol. The van der Waals surface area contributed by atoms with E-state index >= 15 is 0 Å². The molecule has 3 aromatic rings. The van der Waals surface area contributed by atoms with Gasteiger partial charge in [-0.05, 0) is 30.2 Å². The smallest absolute Gasteiger partial charge is 0.233 e. The van der Waals surface area contributed by atoms with Gasteiger partial charge in [-0.3, -0.25) is 4.57 Å². The van der Waals surface area contributed by atoms with Crippen LogP contribution in [0.4, 0.5) is 5.69 Å². The number of aryl methyl sites for hydroxylation is 1. The van der Waals surface area contributed by atoms with Crippen molar-refractivity contribution in [2.24, 2.45) is 0 Å². The summed E-state index contributed by atoms with van der Waals surface area (Å²) in [6, 6.07) is 11.2. The minimum Gasteiger partial charge on any atom is -0.377 e. The van der Waals surface area contributed by atoms with E-state index in [0.717, 1.165) is 16.8 Å². The van der Waals surface area contributed by atoms with Gasteiger partial charge in [-0.1, -0.05) is 24.3 Å². The number of para-hydroxylation sites is 1. The lowest BCUT2D eigenvalue weighted by Crippen LogP contribution is -2.16. The first-order valence-corrected chi connectivity index (χ1v) is 9.49. The van der Waals surface area contributed by atoms with E-state index in [0.29, 0.717) is 5.82 Å².